The number of hydrogen-bond donors (Lipinski definition) is 1. The third-order valence-corrected chi connectivity index (χ3v) is 3.25. The number of benzene rings is 2. The van der Waals surface area contributed by atoms with Crippen molar-refractivity contribution in [3.63, 3.8) is 0 Å². The summed E-state index contributed by atoms with van der Waals surface area (Å²) in [7, 11) is 3.24. The van der Waals surface area contributed by atoms with E-state index in [1.54, 1.807) is 14.2 Å². The second-order valence-corrected chi connectivity index (χ2v) is 4.55. The summed E-state index contributed by atoms with van der Waals surface area (Å²) in [6.07, 6.45) is 0.771. The summed E-state index contributed by atoms with van der Waals surface area (Å²) in [6.45, 7) is 0.439. The van der Waals surface area contributed by atoms with Gasteiger partial charge in [-0.1, -0.05) is 24.3 Å². The van der Waals surface area contributed by atoms with Crippen molar-refractivity contribution in [2.24, 2.45) is 0 Å². The molecule has 21 heavy (non-hydrogen) atoms. The second kappa shape index (κ2) is 7.55. The lowest BCUT2D eigenvalue weighted by Gasteiger charge is -2.14. The standard InChI is InChI=1S/C17H20O4/c1-19-15-8-6-13(7-9-15)10-11-21-17-14(12-18)4-3-5-16(17)20-2/h3-9,18H,10-12H2,1-2H3. The first kappa shape index (κ1) is 15.2. The molecule has 112 valence electrons. The van der Waals surface area contributed by atoms with E-state index in [4.69, 9.17) is 14.2 Å². The van der Waals surface area contributed by atoms with E-state index in [-0.39, 0.29) is 6.61 Å². The summed E-state index contributed by atoms with van der Waals surface area (Å²) in [5, 5.41) is 9.36. The molecule has 0 aliphatic heterocycles. The lowest BCUT2D eigenvalue weighted by atomic mass is 10.1. The molecule has 0 aliphatic rings. The molecule has 2 aromatic rings. The first-order valence-electron chi connectivity index (χ1n) is 6.81. The monoisotopic (exact) mass is 288 g/mol. The molecule has 0 aliphatic carbocycles. The van der Waals surface area contributed by atoms with E-state index in [0.29, 0.717) is 18.1 Å². The van der Waals surface area contributed by atoms with Crippen molar-refractivity contribution in [3.05, 3.63) is 53.6 Å². The highest BCUT2D eigenvalue weighted by Gasteiger charge is 2.09. The minimum Gasteiger partial charge on any atom is -0.497 e. The van der Waals surface area contributed by atoms with Crippen LogP contribution in [0.4, 0.5) is 0 Å². The number of para-hydroxylation sites is 1. The average Bonchev–Trinajstić information content (AvgIpc) is 2.55. The van der Waals surface area contributed by atoms with Gasteiger partial charge in [-0.05, 0) is 23.8 Å². The Hall–Kier alpha value is -2.20. The van der Waals surface area contributed by atoms with Gasteiger partial charge in [0.05, 0.1) is 27.4 Å². The van der Waals surface area contributed by atoms with Gasteiger partial charge in [0.2, 0.25) is 0 Å². The van der Waals surface area contributed by atoms with Crippen molar-refractivity contribution in [2.45, 2.75) is 13.0 Å². The van der Waals surface area contributed by atoms with Crippen LogP contribution in [0, 0.1) is 0 Å². The SMILES string of the molecule is COc1ccc(CCOc2c(CO)cccc2OC)cc1. The Balaban J connectivity index is 1.99. The molecule has 0 saturated heterocycles. The van der Waals surface area contributed by atoms with Crippen molar-refractivity contribution < 1.29 is 19.3 Å². The van der Waals surface area contributed by atoms with Gasteiger partial charge in [-0.2, -0.15) is 0 Å². The Kier molecular flexibility index (Phi) is 5.46. The molecule has 1 N–H and O–H groups in total. The Morgan fingerprint density at radius 1 is 0.952 bits per heavy atom. The van der Waals surface area contributed by atoms with Crippen LogP contribution in [0.3, 0.4) is 0 Å². The molecule has 0 atom stereocenters. The van der Waals surface area contributed by atoms with Crippen molar-refractivity contribution in [3.8, 4) is 17.2 Å². The zero-order valence-corrected chi connectivity index (χ0v) is 12.3. The van der Waals surface area contributed by atoms with E-state index >= 15 is 0 Å². The second-order valence-electron chi connectivity index (χ2n) is 4.55. The third kappa shape index (κ3) is 3.89. The highest BCUT2D eigenvalue weighted by Crippen LogP contribution is 2.31. The van der Waals surface area contributed by atoms with Crippen LogP contribution in [0.1, 0.15) is 11.1 Å². The van der Waals surface area contributed by atoms with E-state index in [1.807, 2.05) is 42.5 Å². The first-order valence-corrected chi connectivity index (χ1v) is 6.81. The molecule has 0 bridgehead atoms. The summed E-state index contributed by atoms with van der Waals surface area (Å²) in [6, 6.07) is 13.4. The number of rotatable bonds is 7. The van der Waals surface area contributed by atoms with Crippen LogP contribution in [0.2, 0.25) is 0 Å². The van der Waals surface area contributed by atoms with E-state index in [0.717, 1.165) is 23.3 Å². The van der Waals surface area contributed by atoms with Crippen LogP contribution >= 0.6 is 0 Å². The quantitative estimate of drug-likeness (QED) is 0.851. The summed E-state index contributed by atoms with van der Waals surface area (Å²) < 4.78 is 16.2. The molecule has 0 aromatic heterocycles. The minimum absolute atomic E-state index is 0.0743. The number of ether oxygens (including phenoxy) is 3. The maximum Gasteiger partial charge on any atom is 0.166 e. The van der Waals surface area contributed by atoms with Crippen LogP contribution in [0.5, 0.6) is 17.2 Å². The van der Waals surface area contributed by atoms with Crippen LogP contribution in [-0.4, -0.2) is 25.9 Å². The topological polar surface area (TPSA) is 47.9 Å². The third-order valence-electron chi connectivity index (χ3n) is 3.25. The van der Waals surface area contributed by atoms with Gasteiger partial charge in [0.15, 0.2) is 11.5 Å². The van der Waals surface area contributed by atoms with Crippen LogP contribution < -0.4 is 14.2 Å². The fourth-order valence-electron chi connectivity index (χ4n) is 2.07. The summed E-state index contributed by atoms with van der Waals surface area (Å²) >= 11 is 0. The van der Waals surface area contributed by atoms with Gasteiger partial charge in [0.25, 0.3) is 0 Å². The van der Waals surface area contributed by atoms with E-state index in [1.165, 1.54) is 0 Å². The average molecular weight is 288 g/mol. The van der Waals surface area contributed by atoms with Gasteiger partial charge in [0.1, 0.15) is 5.75 Å². The van der Waals surface area contributed by atoms with Crippen molar-refractivity contribution in [2.75, 3.05) is 20.8 Å². The van der Waals surface area contributed by atoms with Gasteiger partial charge in [-0.15, -0.1) is 0 Å². The Morgan fingerprint density at radius 2 is 1.71 bits per heavy atom. The molecule has 0 unspecified atom stereocenters. The molecule has 2 rings (SSSR count). The van der Waals surface area contributed by atoms with Crippen molar-refractivity contribution in [1.82, 2.24) is 0 Å². The smallest absolute Gasteiger partial charge is 0.166 e. The van der Waals surface area contributed by atoms with E-state index in [2.05, 4.69) is 0 Å². The van der Waals surface area contributed by atoms with Crippen LogP contribution in [0.25, 0.3) is 0 Å². The molecule has 0 spiro atoms. The lowest BCUT2D eigenvalue weighted by Crippen LogP contribution is -2.05. The number of aliphatic hydroxyl groups excluding tert-OH is 1. The van der Waals surface area contributed by atoms with E-state index < -0.39 is 0 Å². The molecular formula is C17H20O4. The van der Waals surface area contributed by atoms with Gasteiger partial charge in [0, 0.05) is 12.0 Å². The van der Waals surface area contributed by atoms with Gasteiger partial charge in [-0.3, -0.25) is 0 Å². The number of methoxy groups -OCH3 is 2. The highest BCUT2D eigenvalue weighted by atomic mass is 16.5. The summed E-state index contributed by atoms with van der Waals surface area (Å²) in [5.74, 6) is 2.08. The fraction of sp³-hybridized carbons (Fsp3) is 0.294. The molecule has 2 aromatic carbocycles. The predicted molar refractivity (Wildman–Crippen MR) is 81.1 cm³/mol. The minimum atomic E-state index is -0.0743. The van der Waals surface area contributed by atoms with Crippen molar-refractivity contribution >= 4 is 0 Å². The van der Waals surface area contributed by atoms with Crippen LogP contribution in [-0.2, 0) is 13.0 Å². The molecule has 0 fully saturated rings. The summed E-state index contributed by atoms with van der Waals surface area (Å²) in [5.41, 5.74) is 1.89. The molecule has 0 saturated carbocycles. The van der Waals surface area contributed by atoms with Crippen molar-refractivity contribution in [1.29, 1.82) is 0 Å². The molecule has 4 heteroatoms. The molecular weight excluding hydrogens is 268 g/mol. The Labute approximate surface area is 124 Å². The maximum atomic E-state index is 9.36. The largest absolute Gasteiger partial charge is 0.497 e. The molecule has 4 nitrogen and oxygen atoms in total. The van der Waals surface area contributed by atoms with Crippen LogP contribution in [0.15, 0.2) is 42.5 Å². The first-order chi connectivity index (χ1) is 10.3. The molecule has 0 heterocycles. The predicted octanol–water partition coefficient (Wildman–Crippen LogP) is 2.82. The Morgan fingerprint density at radius 3 is 2.33 bits per heavy atom. The van der Waals surface area contributed by atoms with E-state index in [9.17, 15) is 5.11 Å². The summed E-state index contributed by atoms with van der Waals surface area (Å²) in [4.78, 5) is 0. The normalized spacial score (nSPS) is 10.2. The fourth-order valence-corrected chi connectivity index (χ4v) is 2.07. The Bertz CT molecular complexity index is 541. The molecule has 0 radical (unpaired) electrons. The zero-order valence-electron chi connectivity index (χ0n) is 12.3. The van der Waals surface area contributed by atoms with Gasteiger partial charge >= 0.3 is 0 Å². The highest BCUT2D eigenvalue weighted by molar-refractivity contribution is 5.46. The van der Waals surface area contributed by atoms with Gasteiger partial charge in [-0.25, -0.2) is 0 Å². The van der Waals surface area contributed by atoms with Gasteiger partial charge < -0.3 is 19.3 Å². The lowest BCUT2D eigenvalue weighted by molar-refractivity contribution is 0.256. The zero-order chi connectivity index (χ0) is 15.1. The number of hydrogen-bond acceptors (Lipinski definition) is 4. The number of aliphatic hydroxyl groups is 1. The molecule has 0 amide bonds. The maximum absolute atomic E-state index is 9.36.